The molecule has 0 amide bonds. The maximum Gasteiger partial charge on any atom is 0.339 e. The summed E-state index contributed by atoms with van der Waals surface area (Å²) in [6.07, 6.45) is 0. The van der Waals surface area contributed by atoms with Crippen molar-refractivity contribution in [2.45, 2.75) is 9.79 Å². The predicted octanol–water partition coefficient (Wildman–Crippen LogP) is 7.70. The molecule has 7 N–H and O–H groups in total. The van der Waals surface area contributed by atoms with E-state index in [4.69, 9.17) is 5.73 Å². The van der Waals surface area contributed by atoms with Crippen molar-refractivity contribution < 1.29 is 51.0 Å². The van der Waals surface area contributed by atoms with E-state index >= 15 is 0 Å². The summed E-state index contributed by atoms with van der Waals surface area (Å²) in [5.41, 5.74) is 5.82. The summed E-state index contributed by atoms with van der Waals surface area (Å²) in [6.45, 7) is 0. The first kappa shape index (κ1) is 49.8. The van der Waals surface area contributed by atoms with E-state index in [2.05, 4.69) is 30.7 Å². The molecule has 3 radical (unpaired) electrons. The molecule has 0 atom stereocenters. The summed E-state index contributed by atoms with van der Waals surface area (Å²) in [4.78, 5) is 19.6. The largest absolute Gasteiger partial charge is 0.507 e. The van der Waals surface area contributed by atoms with Crippen molar-refractivity contribution in [1.82, 2.24) is 0 Å². The minimum absolute atomic E-state index is 0. The molecule has 6 rings (SSSR count). The van der Waals surface area contributed by atoms with Crippen LogP contribution < -0.4 is 5.73 Å². The van der Waals surface area contributed by atoms with Crippen molar-refractivity contribution in [3.8, 4) is 22.6 Å². The third-order valence-electron chi connectivity index (χ3n) is 8.02. The van der Waals surface area contributed by atoms with Crippen molar-refractivity contribution in [3.63, 3.8) is 0 Å². The number of carboxylic acids is 1. The molecule has 0 aliphatic rings. The van der Waals surface area contributed by atoms with Gasteiger partial charge in [0, 0.05) is 101 Å². The number of fused-ring (bicyclic) bond motifs is 1. The van der Waals surface area contributed by atoms with Gasteiger partial charge in [0.2, 0.25) is 0 Å². The second-order valence-electron chi connectivity index (χ2n) is 11.7. The number of phenolic OH excluding ortho intramolecular Hbond substituents is 1. The monoisotopic (exact) mass is 881 g/mol. The number of hydrogen-bond acceptors (Lipinski definition) is 16. The zero-order valence-electron chi connectivity index (χ0n) is 31.4. The van der Waals surface area contributed by atoms with Gasteiger partial charge in [-0.05, 0) is 83.2 Å². The minimum Gasteiger partial charge on any atom is -0.507 e. The summed E-state index contributed by atoms with van der Waals surface area (Å²) in [5, 5.41) is 63.9. The van der Waals surface area contributed by atoms with Crippen LogP contribution in [-0.4, -0.2) is 141 Å². The van der Waals surface area contributed by atoms with Gasteiger partial charge in [-0.1, -0.05) is 24.3 Å². The number of aromatic carboxylic acids is 1. The topological polar surface area (TPSA) is 330 Å². The fourth-order valence-corrected chi connectivity index (χ4v) is 6.60. The number of azo groups is 3. The Morgan fingerprint density at radius 2 is 1.00 bits per heavy atom. The first-order valence-electron chi connectivity index (χ1n) is 15.7. The van der Waals surface area contributed by atoms with Gasteiger partial charge in [0.05, 0.1) is 38.7 Å². The van der Waals surface area contributed by atoms with Crippen LogP contribution in [0.3, 0.4) is 0 Å². The van der Waals surface area contributed by atoms with Crippen LogP contribution in [0, 0.1) is 10.1 Å². The molecule has 0 spiro atoms. The van der Waals surface area contributed by atoms with Crippen LogP contribution in [0.15, 0.2) is 144 Å². The first-order chi connectivity index (χ1) is 26.9. The van der Waals surface area contributed by atoms with Crippen LogP contribution in [0.1, 0.15) is 10.4 Å². The molecule has 291 valence electrons. The van der Waals surface area contributed by atoms with E-state index in [1.165, 1.54) is 42.5 Å². The van der Waals surface area contributed by atoms with Gasteiger partial charge in [-0.2, -0.15) is 37.3 Å². The van der Waals surface area contributed by atoms with Crippen LogP contribution in [-0.2, 0) is 20.2 Å². The van der Waals surface area contributed by atoms with E-state index in [1.54, 1.807) is 36.4 Å². The van der Waals surface area contributed by atoms with Crippen LogP contribution >= 0.6 is 0 Å². The van der Waals surface area contributed by atoms with Crippen LogP contribution in [0.25, 0.3) is 21.9 Å². The van der Waals surface area contributed by atoms with Crippen LogP contribution in [0.4, 0.5) is 45.5 Å². The third kappa shape index (κ3) is 11.4. The minimum atomic E-state index is -5.16. The normalized spacial score (nSPS) is 11.6. The van der Waals surface area contributed by atoms with Gasteiger partial charge in [-0.25, -0.2) is 4.79 Å². The molecule has 0 aromatic heterocycles. The molecule has 0 bridgehead atoms. The molecule has 25 heteroatoms. The maximum absolute atomic E-state index is 12.4. The molecule has 0 heterocycles. The van der Waals surface area contributed by atoms with Crippen molar-refractivity contribution in [1.29, 1.82) is 0 Å². The van der Waals surface area contributed by atoms with Gasteiger partial charge in [0.15, 0.2) is 5.75 Å². The average molecular weight is 882 g/mol. The van der Waals surface area contributed by atoms with Gasteiger partial charge in [-0.3, -0.25) is 19.2 Å². The third-order valence-corrected chi connectivity index (χ3v) is 9.75. The van der Waals surface area contributed by atoms with E-state index in [1.807, 2.05) is 0 Å². The zero-order chi connectivity index (χ0) is 41.2. The van der Waals surface area contributed by atoms with Crippen molar-refractivity contribution >= 4 is 171 Å². The number of aromatic hydroxyl groups is 2. The van der Waals surface area contributed by atoms with E-state index < -0.39 is 74.9 Å². The number of rotatable bonds is 11. The average Bonchev–Trinajstić information content (AvgIpc) is 3.16. The Morgan fingerprint density at radius 3 is 1.45 bits per heavy atom. The molecule has 0 saturated carbocycles. The summed E-state index contributed by atoms with van der Waals surface area (Å²) < 4.78 is 69.5. The predicted molar refractivity (Wildman–Crippen MR) is 219 cm³/mol. The van der Waals surface area contributed by atoms with Crippen molar-refractivity contribution in [3.05, 3.63) is 119 Å². The quantitative estimate of drug-likeness (QED) is 0.0182. The summed E-state index contributed by atoms with van der Waals surface area (Å²) in [5.74, 6) is -2.69. The van der Waals surface area contributed by atoms with E-state index in [0.717, 1.165) is 29.8 Å². The fourth-order valence-electron chi connectivity index (χ4n) is 5.27. The van der Waals surface area contributed by atoms with E-state index in [9.17, 15) is 56.2 Å². The number of nitro benzene ring substituents is 1. The Balaban J connectivity index is 0.00000320. The maximum atomic E-state index is 12.4. The zero-order valence-corrected chi connectivity index (χ0v) is 39.1. The number of non-ortho nitro benzene ring substituents is 1. The van der Waals surface area contributed by atoms with Gasteiger partial charge in [-0.15, -0.1) is 10.2 Å². The number of nitrogen functional groups attached to an aromatic ring is 1. The molecule has 6 aromatic carbocycles. The Morgan fingerprint density at radius 1 is 0.600 bits per heavy atom. The van der Waals surface area contributed by atoms with Crippen LogP contribution in [0.2, 0.25) is 0 Å². The van der Waals surface area contributed by atoms with Gasteiger partial charge in [0.25, 0.3) is 25.9 Å². The molecule has 6 aromatic rings. The summed E-state index contributed by atoms with van der Waals surface area (Å²) in [7, 11) is -10.3. The molecule has 0 fully saturated rings. The molecular formula is C35H24N8Na3O12S2. The smallest absolute Gasteiger partial charge is 0.339 e. The molecule has 0 aliphatic carbocycles. The number of hydrogen-bond donors (Lipinski definition) is 6. The molecule has 20 nitrogen and oxygen atoms in total. The number of benzene rings is 6. The number of carboxylic acid groups (broad SMARTS) is 1. The number of carbonyl (C=O) groups is 1. The molecule has 0 aliphatic heterocycles. The molecule has 0 saturated heterocycles. The Hall–Kier alpha value is -4.53. The number of anilines is 1. The van der Waals surface area contributed by atoms with E-state index in [0.29, 0.717) is 11.3 Å². The fraction of sp³-hybridized carbons (Fsp3) is 0. The Bertz CT molecular complexity index is 2940. The van der Waals surface area contributed by atoms with Gasteiger partial charge >= 0.3 is 5.97 Å². The molecule has 0 unspecified atom stereocenters. The van der Waals surface area contributed by atoms with E-state index in [-0.39, 0.29) is 122 Å². The van der Waals surface area contributed by atoms with Gasteiger partial charge < -0.3 is 21.1 Å². The van der Waals surface area contributed by atoms with Gasteiger partial charge in [0.1, 0.15) is 32.5 Å². The second kappa shape index (κ2) is 20.4. The summed E-state index contributed by atoms with van der Waals surface area (Å²) >= 11 is 0. The number of nitrogens with zero attached hydrogens (tertiary/aromatic N) is 7. The second-order valence-corrected chi connectivity index (χ2v) is 14.5. The van der Waals surface area contributed by atoms with Crippen molar-refractivity contribution in [2.75, 3.05) is 5.73 Å². The summed E-state index contributed by atoms with van der Waals surface area (Å²) in [6, 6.07) is 22.9. The number of nitro groups is 1. The van der Waals surface area contributed by atoms with Crippen molar-refractivity contribution in [2.24, 2.45) is 30.7 Å². The standard InChI is InChI=1S/C35H24N8O12S2.3Na/c36-31-30-20(15-28(56(50,51)52)32(31)41-38-23-9-12-25(13-10-23)43(48)49)16-29(57(53,54)55)33(34(30)45)42-39-22-7-3-19(4-8-22)18-1-5-21(6-2-18)37-40-24-11-14-27(44)26(17-24)35(46)47;;;/h1-17,44-45H,36H2,(H,46,47)(H,50,51,52)(H,53,54,55);;;. The Kier molecular flexibility index (Phi) is 16.9. The molecular weight excluding hydrogens is 858 g/mol. The Labute approximate surface area is 405 Å². The van der Waals surface area contributed by atoms with Crippen LogP contribution in [0.5, 0.6) is 11.5 Å². The first-order valence-corrected chi connectivity index (χ1v) is 18.6. The SMILES string of the molecule is Nc1c(N=Nc2ccc([N+](=O)[O-])cc2)c(S(=O)(=O)O)cc2cc(S(=O)(=O)O)c(N=Nc3ccc(-c4ccc(N=Nc5ccc(O)c(C(=O)O)c5)cc4)cc3)c(O)c12.[Na].[Na].[Na]. The molecule has 60 heavy (non-hydrogen) atoms. The number of nitrogens with two attached hydrogens (primary N) is 1. The number of phenols is 2.